The second-order valence-electron chi connectivity index (χ2n) is 8.49. The maximum absolute atomic E-state index is 12.8. The van der Waals surface area contributed by atoms with E-state index in [1.54, 1.807) is 35.6 Å². The Labute approximate surface area is 201 Å². The van der Waals surface area contributed by atoms with Crippen molar-refractivity contribution in [3.8, 4) is 17.0 Å². The molecule has 0 unspecified atom stereocenters. The van der Waals surface area contributed by atoms with Gasteiger partial charge in [-0.05, 0) is 17.7 Å². The van der Waals surface area contributed by atoms with Crippen LogP contribution in [0.5, 0.6) is 5.75 Å². The van der Waals surface area contributed by atoms with Crippen molar-refractivity contribution < 1.29 is 19.1 Å². The first-order chi connectivity index (χ1) is 16.5. The van der Waals surface area contributed by atoms with Gasteiger partial charge in [-0.15, -0.1) is 0 Å². The Balaban J connectivity index is 1.35. The van der Waals surface area contributed by atoms with E-state index in [4.69, 9.17) is 21.1 Å². The Morgan fingerprint density at radius 1 is 1.29 bits per heavy atom. The number of fused-ring (bicyclic) bond motifs is 1. The lowest BCUT2D eigenvalue weighted by molar-refractivity contribution is 0.0915. The second-order valence-corrected chi connectivity index (χ2v) is 8.92. The summed E-state index contributed by atoms with van der Waals surface area (Å²) in [6.07, 6.45) is 6.14. The number of piperidine rings is 1. The number of nitrogens with one attached hydrogen (secondary N) is 1. The second kappa shape index (κ2) is 9.34. The van der Waals surface area contributed by atoms with Gasteiger partial charge in [0.15, 0.2) is 0 Å². The maximum atomic E-state index is 12.8. The van der Waals surface area contributed by atoms with Gasteiger partial charge in [0.2, 0.25) is 0 Å². The smallest absolute Gasteiger partial charge is 0.410 e. The number of pyridine rings is 1. The number of halogens is 1. The molecule has 3 aromatic rings. The Bertz CT molecular complexity index is 1210. The van der Waals surface area contributed by atoms with Gasteiger partial charge < -0.3 is 24.3 Å². The predicted octanol–water partition coefficient (Wildman–Crippen LogP) is 3.43. The molecule has 0 saturated carbocycles. The summed E-state index contributed by atoms with van der Waals surface area (Å²) < 4.78 is 13.4. The number of ether oxygens (including phenoxy) is 2. The van der Waals surface area contributed by atoms with Crippen LogP contribution in [-0.4, -0.2) is 56.7 Å². The first kappa shape index (κ1) is 22.2. The summed E-state index contributed by atoms with van der Waals surface area (Å²) in [5, 5.41) is 3.53. The molecule has 9 nitrogen and oxygen atoms in total. The van der Waals surface area contributed by atoms with Crippen LogP contribution >= 0.6 is 11.6 Å². The number of hydrogen-bond acceptors (Lipinski definition) is 6. The molecule has 2 atom stereocenters. The zero-order valence-electron chi connectivity index (χ0n) is 18.6. The summed E-state index contributed by atoms with van der Waals surface area (Å²) in [4.78, 5) is 35.2. The average Bonchev–Trinajstić information content (AvgIpc) is 3.43. The zero-order chi connectivity index (χ0) is 23.7. The average molecular weight is 482 g/mol. The highest BCUT2D eigenvalue weighted by Gasteiger charge is 2.39. The molecule has 2 fully saturated rings. The number of aryl methyl sites for hydroxylation is 1. The highest BCUT2D eigenvalue weighted by atomic mass is 35.5. The van der Waals surface area contributed by atoms with Crippen molar-refractivity contribution in [2.45, 2.75) is 31.5 Å². The van der Waals surface area contributed by atoms with Crippen LogP contribution in [0.1, 0.15) is 28.9 Å². The van der Waals surface area contributed by atoms with Crippen molar-refractivity contribution in [2.24, 2.45) is 7.05 Å². The van der Waals surface area contributed by atoms with E-state index in [2.05, 4.69) is 15.3 Å². The van der Waals surface area contributed by atoms with Gasteiger partial charge in [0.05, 0.1) is 23.6 Å². The fraction of sp³-hybridized carbons (Fsp3) is 0.333. The first-order valence-corrected chi connectivity index (χ1v) is 11.4. The Hall–Kier alpha value is -3.59. The number of carbonyl (C=O) groups is 2. The molecule has 2 aliphatic rings. The van der Waals surface area contributed by atoms with E-state index in [0.717, 1.165) is 5.56 Å². The monoisotopic (exact) mass is 481 g/mol. The molecule has 1 aromatic carbocycles. The number of carbonyl (C=O) groups excluding carboxylic acids is 2. The first-order valence-electron chi connectivity index (χ1n) is 11.1. The Kier molecular flexibility index (Phi) is 6.10. The summed E-state index contributed by atoms with van der Waals surface area (Å²) in [6.45, 7) is 1.30. The van der Waals surface area contributed by atoms with Crippen LogP contribution in [0.2, 0.25) is 5.02 Å². The number of cyclic esters (lactones) is 1. The van der Waals surface area contributed by atoms with Crippen LogP contribution in [0, 0.1) is 0 Å². The molecule has 0 radical (unpaired) electrons. The summed E-state index contributed by atoms with van der Waals surface area (Å²) in [5.74, 6) is 0.228. The third-order valence-corrected chi connectivity index (χ3v) is 6.29. The van der Waals surface area contributed by atoms with Crippen molar-refractivity contribution in [2.75, 3.05) is 13.2 Å². The lowest BCUT2D eigenvalue weighted by Crippen LogP contribution is -2.44. The molecule has 5 rings (SSSR count). The standard InChI is InChI=1S/C24H24ClN5O4/c1-29-12-21(28-14-29)19-11-26-20(23(31)27-10-15-2-4-16(25)5-3-15)9-22(19)34-18-6-7-30-17(8-18)13-33-24(30)32/h2-5,9,11-12,14,17-18H,6-8,10,13H2,1H3,(H,27,31)/t17-,18-/m0/s1. The number of nitrogens with zero attached hydrogens (tertiary/aromatic N) is 4. The molecule has 10 heteroatoms. The number of aromatic nitrogens is 3. The van der Waals surface area contributed by atoms with E-state index < -0.39 is 0 Å². The Morgan fingerprint density at radius 2 is 2.12 bits per heavy atom. The van der Waals surface area contributed by atoms with E-state index >= 15 is 0 Å². The van der Waals surface area contributed by atoms with E-state index in [-0.39, 0.29) is 29.8 Å². The number of hydrogen-bond donors (Lipinski definition) is 1. The van der Waals surface area contributed by atoms with Crippen molar-refractivity contribution in [1.29, 1.82) is 0 Å². The predicted molar refractivity (Wildman–Crippen MR) is 125 cm³/mol. The molecule has 0 bridgehead atoms. The fourth-order valence-corrected chi connectivity index (χ4v) is 4.35. The topological polar surface area (TPSA) is 98.6 Å². The van der Waals surface area contributed by atoms with Gasteiger partial charge in [0.1, 0.15) is 24.2 Å². The number of rotatable bonds is 6. The minimum Gasteiger partial charge on any atom is -0.489 e. The van der Waals surface area contributed by atoms with Gasteiger partial charge in [-0.25, -0.2) is 9.78 Å². The minimum absolute atomic E-state index is 0.00790. The van der Waals surface area contributed by atoms with Crippen molar-refractivity contribution in [3.63, 3.8) is 0 Å². The highest BCUT2D eigenvalue weighted by Crippen LogP contribution is 2.33. The van der Waals surface area contributed by atoms with Gasteiger partial charge in [-0.2, -0.15) is 0 Å². The lowest BCUT2D eigenvalue weighted by Gasteiger charge is -2.32. The van der Waals surface area contributed by atoms with Gasteiger partial charge in [0, 0.05) is 56.5 Å². The van der Waals surface area contributed by atoms with Gasteiger partial charge >= 0.3 is 6.09 Å². The van der Waals surface area contributed by atoms with Crippen LogP contribution in [0.4, 0.5) is 4.79 Å². The van der Waals surface area contributed by atoms with Gasteiger partial charge in [-0.1, -0.05) is 23.7 Å². The third-order valence-electron chi connectivity index (χ3n) is 6.04. The number of imidazole rings is 1. The molecular weight excluding hydrogens is 458 g/mol. The normalized spacial score (nSPS) is 19.5. The Morgan fingerprint density at radius 3 is 2.88 bits per heavy atom. The van der Waals surface area contributed by atoms with Gasteiger partial charge in [0.25, 0.3) is 5.91 Å². The molecule has 176 valence electrons. The molecule has 0 spiro atoms. The van der Waals surface area contributed by atoms with Crippen molar-refractivity contribution in [1.82, 2.24) is 24.8 Å². The molecule has 2 saturated heterocycles. The van der Waals surface area contributed by atoms with E-state index in [0.29, 0.717) is 54.6 Å². The van der Waals surface area contributed by atoms with E-state index in [1.165, 1.54) is 0 Å². The van der Waals surface area contributed by atoms with Crippen LogP contribution in [0.3, 0.4) is 0 Å². The summed E-state index contributed by atoms with van der Waals surface area (Å²) in [7, 11) is 1.88. The number of benzene rings is 1. The molecule has 2 amide bonds. The van der Waals surface area contributed by atoms with Crippen LogP contribution in [0.15, 0.2) is 49.1 Å². The highest BCUT2D eigenvalue weighted by molar-refractivity contribution is 6.30. The maximum Gasteiger partial charge on any atom is 0.410 e. The SMILES string of the molecule is Cn1cnc(-c2cnc(C(=O)NCc3ccc(Cl)cc3)cc2O[C@H]2CCN3C(=O)OC[C@@H]3C2)c1. The lowest BCUT2D eigenvalue weighted by atomic mass is 10.0. The van der Waals surface area contributed by atoms with Crippen molar-refractivity contribution >= 4 is 23.6 Å². The quantitative estimate of drug-likeness (QED) is 0.579. The third kappa shape index (κ3) is 4.70. The van der Waals surface area contributed by atoms with Crippen LogP contribution in [0.25, 0.3) is 11.3 Å². The van der Waals surface area contributed by atoms with E-state index in [1.807, 2.05) is 29.9 Å². The fourth-order valence-electron chi connectivity index (χ4n) is 4.23. The summed E-state index contributed by atoms with van der Waals surface area (Å²) >= 11 is 5.93. The summed E-state index contributed by atoms with van der Waals surface area (Å²) in [6, 6.07) is 8.95. The summed E-state index contributed by atoms with van der Waals surface area (Å²) in [5.41, 5.74) is 2.59. The van der Waals surface area contributed by atoms with Gasteiger partial charge in [-0.3, -0.25) is 9.78 Å². The minimum atomic E-state index is -0.308. The molecule has 2 aliphatic heterocycles. The largest absolute Gasteiger partial charge is 0.489 e. The molecular formula is C24H24ClN5O4. The number of amides is 2. The van der Waals surface area contributed by atoms with Crippen LogP contribution in [-0.2, 0) is 18.3 Å². The molecule has 4 heterocycles. The molecule has 2 aromatic heterocycles. The van der Waals surface area contributed by atoms with Crippen LogP contribution < -0.4 is 10.1 Å². The van der Waals surface area contributed by atoms with E-state index in [9.17, 15) is 9.59 Å². The zero-order valence-corrected chi connectivity index (χ0v) is 19.4. The molecule has 1 N–H and O–H groups in total. The molecule has 0 aliphatic carbocycles. The molecule has 34 heavy (non-hydrogen) atoms. The van der Waals surface area contributed by atoms with Crippen molar-refractivity contribution in [3.05, 3.63) is 65.3 Å².